The van der Waals surface area contributed by atoms with Crippen LogP contribution in [-0.2, 0) is 19.4 Å². The molecule has 0 saturated heterocycles. The van der Waals surface area contributed by atoms with E-state index in [1.54, 1.807) is 11.9 Å². The lowest BCUT2D eigenvalue weighted by Crippen LogP contribution is -2.36. The van der Waals surface area contributed by atoms with Gasteiger partial charge in [0.05, 0.1) is 5.69 Å². The molecule has 2 aromatic carbocycles. The number of aromatic nitrogens is 3. The summed E-state index contributed by atoms with van der Waals surface area (Å²) in [6, 6.07) is 18.0. The van der Waals surface area contributed by atoms with Crippen LogP contribution in [0.4, 0.5) is 10.5 Å². The fraction of sp³-hybridized carbons (Fsp3) is 0.308. The van der Waals surface area contributed by atoms with Crippen molar-refractivity contribution in [3.05, 3.63) is 71.4 Å². The number of hydrogen-bond acceptors (Lipinski definition) is 2. The van der Waals surface area contributed by atoms with Gasteiger partial charge in [-0.2, -0.15) is 5.10 Å². The highest BCUT2D eigenvalue weighted by molar-refractivity contribution is 5.95. The molecule has 0 bridgehead atoms. The predicted octanol–water partition coefficient (Wildman–Crippen LogP) is 5.42. The smallest absolute Gasteiger partial charge is 0.321 e. The number of rotatable bonds is 4. The van der Waals surface area contributed by atoms with Crippen molar-refractivity contribution in [2.45, 2.75) is 39.7 Å². The Balaban J connectivity index is 1.35. The van der Waals surface area contributed by atoms with Crippen molar-refractivity contribution in [3.63, 3.8) is 0 Å². The zero-order valence-electron chi connectivity index (χ0n) is 18.8. The fourth-order valence-electron chi connectivity index (χ4n) is 4.53. The van der Waals surface area contributed by atoms with E-state index in [1.165, 1.54) is 17.7 Å². The molecule has 3 N–H and O–H groups in total. The number of nitrogens with one attached hydrogen (secondary N) is 3. The Morgan fingerprint density at radius 2 is 1.97 bits per heavy atom. The molecule has 1 aliphatic rings. The number of benzene rings is 2. The lowest BCUT2D eigenvalue weighted by molar-refractivity contribution is 0.247. The number of nitrogens with zero attached hydrogens (tertiary/aromatic N) is 2. The number of fused-ring (bicyclic) bond motifs is 2. The second-order valence-corrected chi connectivity index (χ2v) is 9.53. The first-order chi connectivity index (χ1) is 15.4. The standard InChI is InChI=1S/C26H29N5O/c1-26(2)12-11-20-23(15-26)29-30-24(20)22-13-18-9-10-19(14-21(18)28-22)31(3)25(32)27-16-17-7-5-4-6-8-17/h4-10,13-14,28H,11-12,15-16H2,1-3H3,(H,27,32)(H,29,30). The molecule has 0 unspecified atom stereocenters. The molecule has 32 heavy (non-hydrogen) atoms. The lowest BCUT2D eigenvalue weighted by Gasteiger charge is -2.28. The summed E-state index contributed by atoms with van der Waals surface area (Å²) in [5.74, 6) is 0. The van der Waals surface area contributed by atoms with Gasteiger partial charge in [-0.3, -0.25) is 10.00 Å². The molecule has 0 spiro atoms. The molecular weight excluding hydrogens is 398 g/mol. The van der Waals surface area contributed by atoms with E-state index in [4.69, 9.17) is 0 Å². The van der Waals surface area contributed by atoms with Crippen molar-refractivity contribution >= 4 is 22.6 Å². The fourth-order valence-corrected chi connectivity index (χ4v) is 4.53. The molecule has 0 saturated carbocycles. The van der Waals surface area contributed by atoms with Gasteiger partial charge in [0, 0.05) is 41.4 Å². The molecule has 0 fully saturated rings. The lowest BCUT2D eigenvalue weighted by atomic mass is 9.76. The maximum atomic E-state index is 12.6. The highest BCUT2D eigenvalue weighted by Gasteiger charge is 2.29. The van der Waals surface area contributed by atoms with Crippen LogP contribution in [0.25, 0.3) is 22.3 Å². The van der Waals surface area contributed by atoms with Gasteiger partial charge < -0.3 is 10.3 Å². The molecule has 2 heterocycles. The highest BCUT2D eigenvalue weighted by atomic mass is 16.2. The molecule has 164 valence electrons. The van der Waals surface area contributed by atoms with Gasteiger partial charge >= 0.3 is 6.03 Å². The first-order valence-electron chi connectivity index (χ1n) is 11.1. The number of amides is 2. The minimum atomic E-state index is -0.135. The third-order valence-corrected chi connectivity index (χ3v) is 6.50. The van der Waals surface area contributed by atoms with Crippen LogP contribution in [0.15, 0.2) is 54.6 Å². The van der Waals surface area contributed by atoms with Crippen LogP contribution in [0.5, 0.6) is 0 Å². The highest BCUT2D eigenvalue weighted by Crippen LogP contribution is 2.38. The molecule has 4 aromatic rings. The zero-order chi connectivity index (χ0) is 22.3. The number of carbonyl (C=O) groups excluding carboxylic acids is 1. The van der Waals surface area contributed by atoms with Crippen LogP contribution in [0.3, 0.4) is 0 Å². The number of anilines is 1. The molecule has 2 amide bonds. The Labute approximate surface area is 188 Å². The van der Waals surface area contributed by atoms with E-state index in [2.05, 4.69) is 40.4 Å². The van der Waals surface area contributed by atoms with E-state index in [-0.39, 0.29) is 6.03 Å². The predicted molar refractivity (Wildman–Crippen MR) is 129 cm³/mol. The Morgan fingerprint density at radius 1 is 1.16 bits per heavy atom. The van der Waals surface area contributed by atoms with E-state index in [9.17, 15) is 4.79 Å². The minimum absolute atomic E-state index is 0.135. The topological polar surface area (TPSA) is 76.8 Å². The molecule has 6 heteroatoms. The first kappa shape index (κ1) is 20.4. The largest absolute Gasteiger partial charge is 0.353 e. The molecule has 1 aliphatic carbocycles. The number of carbonyl (C=O) groups is 1. The van der Waals surface area contributed by atoms with Gasteiger partial charge in [0.25, 0.3) is 0 Å². The van der Waals surface area contributed by atoms with Crippen molar-refractivity contribution in [3.8, 4) is 11.4 Å². The van der Waals surface area contributed by atoms with Crippen molar-refractivity contribution in [1.29, 1.82) is 0 Å². The summed E-state index contributed by atoms with van der Waals surface area (Å²) in [5.41, 5.74) is 7.84. The van der Waals surface area contributed by atoms with E-state index in [1.807, 2.05) is 48.5 Å². The monoisotopic (exact) mass is 427 g/mol. The van der Waals surface area contributed by atoms with Gasteiger partial charge in [0.2, 0.25) is 0 Å². The van der Waals surface area contributed by atoms with Crippen molar-refractivity contribution in [1.82, 2.24) is 20.5 Å². The van der Waals surface area contributed by atoms with E-state index in [0.717, 1.165) is 46.4 Å². The Bertz CT molecular complexity index is 1270. The summed E-state index contributed by atoms with van der Waals surface area (Å²) in [5, 5.41) is 12.0. The molecule has 0 aliphatic heterocycles. The molecule has 6 nitrogen and oxygen atoms in total. The summed E-state index contributed by atoms with van der Waals surface area (Å²) in [7, 11) is 1.79. The third-order valence-electron chi connectivity index (χ3n) is 6.50. The molecule has 2 aromatic heterocycles. The molecule has 0 radical (unpaired) electrons. The van der Waals surface area contributed by atoms with Gasteiger partial charge in [0.15, 0.2) is 0 Å². The van der Waals surface area contributed by atoms with Crippen molar-refractivity contribution in [2.24, 2.45) is 5.41 Å². The Morgan fingerprint density at radius 3 is 2.78 bits per heavy atom. The minimum Gasteiger partial charge on any atom is -0.353 e. The number of hydrogen-bond donors (Lipinski definition) is 3. The van der Waals surface area contributed by atoms with Gasteiger partial charge in [-0.25, -0.2) is 4.79 Å². The number of urea groups is 1. The van der Waals surface area contributed by atoms with Crippen LogP contribution >= 0.6 is 0 Å². The summed E-state index contributed by atoms with van der Waals surface area (Å²) >= 11 is 0. The third kappa shape index (κ3) is 3.88. The molecule has 0 atom stereocenters. The van der Waals surface area contributed by atoms with Crippen LogP contribution in [-0.4, -0.2) is 28.3 Å². The van der Waals surface area contributed by atoms with Gasteiger partial charge in [-0.1, -0.05) is 50.2 Å². The van der Waals surface area contributed by atoms with Crippen LogP contribution in [0.2, 0.25) is 0 Å². The van der Waals surface area contributed by atoms with Crippen molar-refractivity contribution < 1.29 is 4.79 Å². The summed E-state index contributed by atoms with van der Waals surface area (Å²) in [6.45, 7) is 5.13. The zero-order valence-corrected chi connectivity index (χ0v) is 18.8. The SMILES string of the molecule is CN(C(=O)NCc1ccccc1)c1ccc2cc(-c3n[nH]c4c3CCC(C)(C)C4)[nH]c2c1. The average molecular weight is 428 g/mol. The summed E-state index contributed by atoms with van der Waals surface area (Å²) < 4.78 is 0. The summed E-state index contributed by atoms with van der Waals surface area (Å²) in [6.07, 6.45) is 3.24. The number of H-pyrrole nitrogens is 2. The van der Waals surface area contributed by atoms with E-state index >= 15 is 0 Å². The second kappa shape index (κ2) is 7.86. The molecular formula is C26H29N5O. The normalized spacial score (nSPS) is 14.8. The first-order valence-corrected chi connectivity index (χ1v) is 11.1. The van der Waals surface area contributed by atoms with Gasteiger partial charge in [0.1, 0.15) is 5.69 Å². The maximum Gasteiger partial charge on any atom is 0.321 e. The average Bonchev–Trinajstić information content (AvgIpc) is 3.39. The maximum absolute atomic E-state index is 12.6. The molecule has 5 rings (SSSR count). The van der Waals surface area contributed by atoms with Gasteiger partial charge in [-0.05, 0) is 48.4 Å². The summed E-state index contributed by atoms with van der Waals surface area (Å²) in [4.78, 5) is 17.8. The van der Waals surface area contributed by atoms with Crippen LogP contribution in [0, 0.1) is 5.41 Å². The van der Waals surface area contributed by atoms with Gasteiger partial charge in [-0.15, -0.1) is 0 Å². The van der Waals surface area contributed by atoms with E-state index in [0.29, 0.717) is 12.0 Å². The Hall–Kier alpha value is -3.54. The van der Waals surface area contributed by atoms with Crippen LogP contribution in [0.1, 0.15) is 37.1 Å². The second-order valence-electron chi connectivity index (χ2n) is 9.53. The van der Waals surface area contributed by atoms with E-state index < -0.39 is 0 Å². The van der Waals surface area contributed by atoms with Crippen LogP contribution < -0.4 is 10.2 Å². The number of aromatic amines is 2. The quantitative estimate of drug-likeness (QED) is 0.407. The van der Waals surface area contributed by atoms with Crippen molar-refractivity contribution in [2.75, 3.05) is 11.9 Å². The Kier molecular flexibility index (Phi) is 5.00.